The first-order chi connectivity index (χ1) is 12.7. The Hall–Kier alpha value is -3.34. The van der Waals surface area contributed by atoms with Crippen molar-refractivity contribution in [2.24, 2.45) is 5.10 Å². The second-order valence-electron chi connectivity index (χ2n) is 5.84. The third-order valence-corrected chi connectivity index (χ3v) is 4.30. The van der Waals surface area contributed by atoms with Crippen molar-refractivity contribution >= 4 is 23.0 Å². The van der Waals surface area contributed by atoms with E-state index in [9.17, 15) is 4.79 Å². The molecule has 1 amide bonds. The molecule has 5 nitrogen and oxygen atoms in total. The molecule has 1 heterocycles. The van der Waals surface area contributed by atoms with Gasteiger partial charge >= 0.3 is 0 Å². The van der Waals surface area contributed by atoms with Crippen molar-refractivity contribution in [1.29, 1.82) is 0 Å². The maximum Gasteiger partial charge on any atom is 0.271 e. The smallest absolute Gasteiger partial charge is 0.271 e. The van der Waals surface area contributed by atoms with E-state index < -0.39 is 0 Å². The summed E-state index contributed by atoms with van der Waals surface area (Å²) in [6, 6.07) is 15.0. The molecule has 0 aliphatic carbocycles. The van der Waals surface area contributed by atoms with Crippen LogP contribution in [0.5, 0.6) is 5.75 Å². The number of para-hydroxylation sites is 1. The second kappa shape index (κ2) is 7.70. The maximum absolute atomic E-state index is 12.2. The average molecular weight is 347 g/mol. The number of nitrogens with one attached hydrogen (secondary N) is 1. The van der Waals surface area contributed by atoms with E-state index in [2.05, 4.69) is 33.8 Å². The lowest BCUT2D eigenvalue weighted by atomic mass is 10.1. The third kappa shape index (κ3) is 3.37. The van der Waals surface area contributed by atoms with Crippen LogP contribution in [-0.4, -0.2) is 23.8 Å². The van der Waals surface area contributed by atoms with Crippen LogP contribution >= 0.6 is 0 Å². The molecular weight excluding hydrogens is 326 g/mol. The standard InChI is InChI=1S/C21H21N3O2/c1-4-13-24-15(2)19(18-7-5-6-8-20(18)24)14-22-23-21(25)16-9-11-17(26-3)12-10-16/h4-12,14H,1,13H2,2-3H3,(H,23,25)/b22-14-. The first-order valence-corrected chi connectivity index (χ1v) is 8.32. The molecule has 132 valence electrons. The highest BCUT2D eigenvalue weighted by molar-refractivity contribution is 6.02. The van der Waals surface area contributed by atoms with Gasteiger partial charge in [-0.1, -0.05) is 24.3 Å². The van der Waals surface area contributed by atoms with E-state index in [0.717, 1.165) is 28.7 Å². The molecule has 0 atom stereocenters. The number of hydrogen-bond donors (Lipinski definition) is 1. The second-order valence-corrected chi connectivity index (χ2v) is 5.84. The number of nitrogens with zero attached hydrogens (tertiary/aromatic N) is 2. The topological polar surface area (TPSA) is 55.6 Å². The molecule has 0 saturated carbocycles. The van der Waals surface area contributed by atoms with Gasteiger partial charge in [-0.25, -0.2) is 5.43 Å². The Balaban J connectivity index is 1.83. The molecule has 3 aromatic rings. The number of methoxy groups -OCH3 is 1. The number of hydrogen-bond acceptors (Lipinski definition) is 3. The van der Waals surface area contributed by atoms with Crippen molar-refractivity contribution in [3.05, 3.63) is 78.0 Å². The molecule has 0 aliphatic heterocycles. The van der Waals surface area contributed by atoms with Crippen molar-refractivity contribution < 1.29 is 9.53 Å². The average Bonchev–Trinajstić information content (AvgIpc) is 2.94. The van der Waals surface area contributed by atoms with Gasteiger partial charge in [0.2, 0.25) is 0 Å². The van der Waals surface area contributed by atoms with Crippen molar-refractivity contribution in [3.63, 3.8) is 0 Å². The fraction of sp³-hybridized carbons (Fsp3) is 0.143. The molecule has 0 radical (unpaired) electrons. The highest BCUT2D eigenvalue weighted by Gasteiger charge is 2.11. The van der Waals surface area contributed by atoms with Gasteiger partial charge in [0, 0.05) is 34.3 Å². The van der Waals surface area contributed by atoms with E-state index in [1.54, 1.807) is 37.6 Å². The highest BCUT2D eigenvalue weighted by Crippen LogP contribution is 2.24. The van der Waals surface area contributed by atoms with E-state index in [4.69, 9.17) is 4.74 Å². The van der Waals surface area contributed by atoms with Crippen molar-refractivity contribution in [3.8, 4) is 5.75 Å². The van der Waals surface area contributed by atoms with Gasteiger partial charge in [0.1, 0.15) is 5.75 Å². The number of rotatable bonds is 6. The molecule has 1 aromatic heterocycles. The summed E-state index contributed by atoms with van der Waals surface area (Å²) in [4.78, 5) is 12.2. The van der Waals surface area contributed by atoms with E-state index in [1.807, 2.05) is 25.1 Å². The lowest BCUT2D eigenvalue weighted by Gasteiger charge is -2.04. The van der Waals surface area contributed by atoms with Crippen molar-refractivity contribution in [2.75, 3.05) is 7.11 Å². The van der Waals surface area contributed by atoms with Crippen LogP contribution in [0.25, 0.3) is 10.9 Å². The predicted octanol–water partition coefficient (Wildman–Crippen LogP) is 3.91. The molecule has 3 rings (SSSR count). The molecule has 0 spiro atoms. The molecule has 0 bridgehead atoms. The molecule has 0 saturated heterocycles. The highest BCUT2D eigenvalue weighted by atomic mass is 16.5. The predicted molar refractivity (Wildman–Crippen MR) is 105 cm³/mol. The summed E-state index contributed by atoms with van der Waals surface area (Å²) in [6.45, 7) is 6.58. The Morgan fingerprint density at radius 3 is 2.65 bits per heavy atom. The summed E-state index contributed by atoms with van der Waals surface area (Å²) in [6.07, 6.45) is 3.56. The van der Waals surface area contributed by atoms with Crippen LogP contribution in [0.4, 0.5) is 0 Å². The number of hydrazone groups is 1. The summed E-state index contributed by atoms with van der Waals surface area (Å²) >= 11 is 0. The number of ether oxygens (including phenoxy) is 1. The summed E-state index contributed by atoms with van der Waals surface area (Å²) in [5.41, 5.74) is 6.28. The van der Waals surface area contributed by atoms with Crippen LogP contribution in [0.3, 0.4) is 0 Å². The van der Waals surface area contributed by atoms with Crippen LogP contribution in [0.1, 0.15) is 21.6 Å². The fourth-order valence-corrected chi connectivity index (χ4v) is 2.95. The van der Waals surface area contributed by atoms with Crippen LogP contribution < -0.4 is 10.2 Å². The minimum absolute atomic E-state index is 0.267. The Bertz CT molecular complexity index is 969. The molecule has 0 aliphatic rings. The van der Waals surface area contributed by atoms with Crippen LogP contribution in [0.2, 0.25) is 0 Å². The van der Waals surface area contributed by atoms with Crippen LogP contribution in [-0.2, 0) is 6.54 Å². The zero-order valence-corrected chi connectivity index (χ0v) is 14.9. The monoisotopic (exact) mass is 347 g/mol. The number of benzene rings is 2. The molecule has 0 unspecified atom stereocenters. The Morgan fingerprint density at radius 1 is 1.23 bits per heavy atom. The Kier molecular flexibility index (Phi) is 5.17. The number of carbonyl (C=O) groups excluding carboxylic acids is 1. The molecule has 2 aromatic carbocycles. The number of fused-ring (bicyclic) bond motifs is 1. The lowest BCUT2D eigenvalue weighted by Crippen LogP contribution is -2.17. The minimum atomic E-state index is -0.267. The van der Waals surface area contributed by atoms with E-state index >= 15 is 0 Å². The minimum Gasteiger partial charge on any atom is -0.497 e. The number of allylic oxidation sites excluding steroid dienone is 1. The van der Waals surface area contributed by atoms with Crippen LogP contribution in [0.15, 0.2) is 66.3 Å². The summed E-state index contributed by atoms with van der Waals surface area (Å²) in [5, 5.41) is 5.24. The van der Waals surface area contributed by atoms with E-state index in [0.29, 0.717) is 11.3 Å². The van der Waals surface area contributed by atoms with Crippen LogP contribution in [0, 0.1) is 6.92 Å². The number of carbonyl (C=O) groups is 1. The van der Waals surface area contributed by atoms with E-state index in [-0.39, 0.29) is 5.91 Å². The summed E-state index contributed by atoms with van der Waals surface area (Å²) < 4.78 is 7.27. The van der Waals surface area contributed by atoms with Crippen molar-refractivity contribution in [1.82, 2.24) is 9.99 Å². The zero-order valence-electron chi connectivity index (χ0n) is 14.9. The van der Waals surface area contributed by atoms with Gasteiger partial charge in [-0.15, -0.1) is 6.58 Å². The number of aromatic nitrogens is 1. The fourth-order valence-electron chi connectivity index (χ4n) is 2.95. The Labute approximate surface area is 152 Å². The van der Waals surface area contributed by atoms with E-state index in [1.165, 1.54) is 0 Å². The quantitative estimate of drug-likeness (QED) is 0.418. The first-order valence-electron chi connectivity index (χ1n) is 8.32. The van der Waals surface area contributed by atoms with Crippen molar-refractivity contribution in [2.45, 2.75) is 13.5 Å². The Morgan fingerprint density at radius 2 is 1.96 bits per heavy atom. The summed E-state index contributed by atoms with van der Waals surface area (Å²) in [5.74, 6) is 0.437. The zero-order chi connectivity index (χ0) is 18.5. The molecule has 26 heavy (non-hydrogen) atoms. The van der Waals surface area contributed by atoms with Gasteiger partial charge in [-0.2, -0.15) is 5.10 Å². The normalized spacial score (nSPS) is 11.0. The lowest BCUT2D eigenvalue weighted by molar-refractivity contribution is 0.0955. The molecule has 0 fully saturated rings. The molecule has 5 heteroatoms. The maximum atomic E-state index is 12.2. The molecular formula is C21H21N3O2. The van der Waals surface area contributed by atoms with Gasteiger partial charge in [-0.05, 0) is 37.3 Å². The largest absolute Gasteiger partial charge is 0.497 e. The SMILES string of the molecule is C=CCn1c(C)c(/C=N\NC(=O)c2ccc(OC)cc2)c2ccccc21. The third-order valence-electron chi connectivity index (χ3n) is 4.30. The summed E-state index contributed by atoms with van der Waals surface area (Å²) in [7, 11) is 1.59. The van der Waals surface area contributed by atoms with Gasteiger partial charge in [0.15, 0.2) is 0 Å². The number of amides is 1. The molecule has 1 N–H and O–H groups in total. The van der Waals surface area contributed by atoms with Gasteiger partial charge in [0.25, 0.3) is 5.91 Å². The van der Waals surface area contributed by atoms with Gasteiger partial charge < -0.3 is 9.30 Å². The van der Waals surface area contributed by atoms with Gasteiger partial charge in [0.05, 0.1) is 13.3 Å². The van der Waals surface area contributed by atoms with Gasteiger partial charge in [-0.3, -0.25) is 4.79 Å². The first kappa shape index (κ1) is 17.5.